The Balaban J connectivity index is 1.44. The third-order valence-electron chi connectivity index (χ3n) is 5.82. The molecule has 2 heterocycles. The number of ether oxygens (including phenoxy) is 1. The predicted octanol–water partition coefficient (Wildman–Crippen LogP) is 7.38. The topological polar surface area (TPSA) is 47.4 Å². The van der Waals surface area contributed by atoms with Crippen molar-refractivity contribution in [3.63, 3.8) is 0 Å². The highest BCUT2D eigenvalue weighted by Gasteiger charge is 2.31. The molecule has 0 saturated carbocycles. The van der Waals surface area contributed by atoms with Crippen LogP contribution in [-0.4, -0.2) is 31.5 Å². The zero-order chi connectivity index (χ0) is 25.8. The van der Waals surface area contributed by atoms with E-state index >= 15 is 0 Å². The van der Waals surface area contributed by atoms with Gasteiger partial charge >= 0.3 is 0 Å². The van der Waals surface area contributed by atoms with E-state index in [-0.39, 0.29) is 5.91 Å². The Bertz CT molecular complexity index is 1450. The maximum absolute atomic E-state index is 13.0. The van der Waals surface area contributed by atoms with Crippen LogP contribution in [0.2, 0.25) is 5.02 Å². The average Bonchev–Trinajstić information content (AvgIpc) is 3.46. The molecule has 1 amide bonds. The number of para-hydroxylation sites is 1. The zero-order valence-electron chi connectivity index (χ0n) is 20.1. The zero-order valence-corrected chi connectivity index (χ0v) is 22.5. The first-order chi connectivity index (χ1) is 18.0. The lowest BCUT2D eigenvalue weighted by Crippen LogP contribution is -2.28. The fourth-order valence-electron chi connectivity index (χ4n) is 3.94. The van der Waals surface area contributed by atoms with Crippen LogP contribution < -0.4 is 4.74 Å². The molecule has 1 saturated heterocycles. The van der Waals surface area contributed by atoms with E-state index in [1.54, 1.807) is 4.90 Å². The number of amides is 1. The van der Waals surface area contributed by atoms with Gasteiger partial charge in [0.15, 0.2) is 0 Å². The van der Waals surface area contributed by atoms with E-state index in [4.69, 9.17) is 33.7 Å². The third-order valence-corrected chi connectivity index (χ3v) is 7.45. The molecule has 186 valence electrons. The number of halogens is 1. The molecule has 0 atom stereocenters. The summed E-state index contributed by atoms with van der Waals surface area (Å²) >= 11 is 12.8. The number of thioether (sulfide) groups is 1. The van der Waals surface area contributed by atoms with E-state index in [1.165, 1.54) is 11.8 Å². The van der Waals surface area contributed by atoms with E-state index < -0.39 is 0 Å². The summed E-state index contributed by atoms with van der Waals surface area (Å²) in [6, 6.07) is 25.3. The van der Waals surface area contributed by atoms with E-state index in [9.17, 15) is 4.79 Å². The maximum atomic E-state index is 13.0. The van der Waals surface area contributed by atoms with Gasteiger partial charge in [-0.2, -0.15) is 5.10 Å². The molecule has 0 bridgehead atoms. The first kappa shape index (κ1) is 25.3. The Morgan fingerprint density at radius 1 is 1.03 bits per heavy atom. The Morgan fingerprint density at radius 2 is 1.76 bits per heavy atom. The van der Waals surface area contributed by atoms with Crippen LogP contribution in [0.5, 0.6) is 5.75 Å². The number of benzene rings is 3. The van der Waals surface area contributed by atoms with Gasteiger partial charge in [-0.05, 0) is 66.6 Å². The molecule has 0 radical (unpaired) electrons. The average molecular weight is 546 g/mol. The summed E-state index contributed by atoms with van der Waals surface area (Å²) in [5, 5.41) is 5.58. The minimum absolute atomic E-state index is 0.0544. The number of rotatable bonds is 8. The Morgan fingerprint density at radius 3 is 2.46 bits per heavy atom. The molecular weight excluding hydrogens is 522 g/mol. The second-order valence-electron chi connectivity index (χ2n) is 8.49. The molecule has 3 aromatic carbocycles. The fraction of sp³-hybridized carbons (Fsp3) is 0.138. The maximum Gasteiger partial charge on any atom is 0.266 e. The van der Waals surface area contributed by atoms with Gasteiger partial charge in [0.05, 0.1) is 16.3 Å². The summed E-state index contributed by atoms with van der Waals surface area (Å²) in [5.41, 5.74) is 4.51. The minimum atomic E-state index is -0.0544. The van der Waals surface area contributed by atoms with Crippen LogP contribution in [0.15, 0.2) is 90.0 Å². The first-order valence-corrected chi connectivity index (χ1v) is 13.5. The minimum Gasteiger partial charge on any atom is -0.489 e. The summed E-state index contributed by atoms with van der Waals surface area (Å²) in [5.74, 6) is 0.699. The van der Waals surface area contributed by atoms with Crippen LogP contribution >= 0.6 is 35.6 Å². The van der Waals surface area contributed by atoms with Gasteiger partial charge in [0, 0.05) is 28.9 Å². The molecule has 0 aliphatic carbocycles. The highest BCUT2D eigenvalue weighted by molar-refractivity contribution is 8.26. The molecule has 1 aromatic heterocycles. The van der Waals surface area contributed by atoms with Crippen molar-refractivity contribution in [2.24, 2.45) is 0 Å². The second-order valence-corrected chi connectivity index (χ2v) is 10.6. The summed E-state index contributed by atoms with van der Waals surface area (Å²) in [7, 11) is 0. The monoisotopic (exact) mass is 545 g/mol. The number of aromatic nitrogens is 2. The predicted molar refractivity (Wildman–Crippen MR) is 155 cm³/mol. The van der Waals surface area contributed by atoms with Crippen LogP contribution in [0, 0.1) is 0 Å². The largest absolute Gasteiger partial charge is 0.489 e. The van der Waals surface area contributed by atoms with E-state index in [2.05, 4.69) is 0 Å². The van der Waals surface area contributed by atoms with Gasteiger partial charge in [-0.1, -0.05) is 72.8 Å². The summed E-state index contributed by atoms with van der Waals surface area (Å²) in [6.07, 6.45) is 4.69. The van der Waals surface area contributed by atoms with Gasteiger partial charge in [0.2, 0.25) is 0 Å². The van der Waals surface area contributed by atoms with Crippen molar-refractivity contribution >= 4 is 51.9 Å². The standard InChI is InChI=1S/C29H24ClN3O2S2/c1-2-16-32-28(34)26(37-29(32)36)17-22-18-33(24-6-4-3-5-7-24)31-27(22)21-10-14-25(15-11-21)35-19-20-8-12-23(30)13-9-20/h3-15,17-18H,2,16,19H2,1H3. The molecule has 1 aliphatic heterocycles. The number of hydrogen-bond donors (Lipinski definition) is 0. The van der Waals surface area contributed by atoms with E-state index in [1.807, 2.05) is 103 Å². The fourth-order valence-corrected chi connectivity index (χ4v) is 5.37. The van der Waals surface area contributed by atoms with Crippen molar-refractivity contribution in [1.82, 2.24) is 14.7 Å². The normalized spacial score (nSPS) is 14.5. The summed E-state index contributed by atoms with van der Waals surface area (Å²) in [4.78, 5) is 15.3. The molecule has 0 unspecified atom stereocenters. The smallest absolute Gasteiger partial charge is 0.266 e. The lowest BCUT2D eigenvalue weighted by molar-refractivity contribution is -0.122. The number of nitrogens with zero attached hydrogens (tertiary/aromatic N) is 3. The van der Waals surface area contributed by atoms with Gasteiger partial charge in [-0.25, -0.2) is 4.68 Å². The molecule has 37 heavy (non-hydrogen) atoms. The Labute approximate surface area is 230 Å². The van der Waals surface area contributed by atoms with Crippen molar-refractivity contribution in [3.8, 4) is 22.7 Å². The number of hydrogen-bond acceptors (Lipinski definition) is 5. The molecule has 1 fully saturated rings. The second kappa shape index (κ2) is 11.3. The molecule has 5 rings (SSSR count). The van der Waals surface area contributed by atoms with Crippen molar-refractivity contribution in [3.05, 3.63) is 106 Å². The summed E-state index contributed by atoms with van der Waals surface area (Å²) < 4.78 is 8.37. The highest BCUT2D eigenvalue weighted by Crippen LogP contribution is 2.35. The molecule has 4 aromatic rings. The highest BCUT2D eigenvalue weighted by atomic mass is 35.5. The lowest BCUT2D eigenvalue weighted by atomic mass is 10.1. The van der Waals surface area contributed by atoms with Gasteiger partial charge in [-0.15, -0.1) is 0 Å². The van der Waals surface area contributed by atoms with Crippen LogP contribution in [0.25, 0.3) is 23.0 Å². The van der Waals surface area contributed by atoms with Crippen molar-refractivity contribution in [1.29, 1.82) is 0 Å². The SMILES string of the molecule is CCCN1C(=O)C(=Cc2cn(-c3ccccc3)nc2-c2ccc(OCc3ccc(Cl)cc3)cc2)SC1=S. The first-order valence-electron chi connectivity index (χ1n) is 11.9. The molecular formula is C29H24ClN3O2S2. The van der Waals surface area contributed by atoms with Crippen LogP contribution in [0.4, 0.5) is 0 Å². The Hall–Kier alpha value is -3.39. The van der Waals surface area contributed by atoms with Crippen LogP contribution in [0.3, 0.4) is 0 Å². The molecule has 0 N–H and O–H groups in total. The number of carbonyl (C=O) groups excluding carboxylic acids is 1. The van der Waals surface area contributed by atoms with Crippen LogP contribution in [0.1, 0.15) is 24.5 Å². The van der Waals surface area contributed by atoms with Crippen molar-refractivity contribution < 1.29 is 9.53 Å². The summed E-state index contributed by atoms with van der Waals surface area (Å²) in [6.45, 7) is 3.10. The Kier molecular flexibility index (Phi) is 7.74. The van der Waals surface area contributed by atoms with Gasteiger partial charge in [0.1, 0.15) is 16.7 Å². The lowest BCUT2D eigenvalue weighted by Gasteiger charge is -2.11. The van der Waals surface area contributed by atoms with Gasteiger partial charge in [-0.3, -0.25) is 9.69 Å². The van der Waals surface area contributed by atoms with Gasteiger partial charge in [0.25, 0.3) is 5.91 Å². The molecule has 5 nitrogen and oxygen atoms in total. The molecule has 0 spiro atoms. The van der Waals surface area contributed by atoms with Crippen LogP contribution in [-0.2, 0) is 11.4 Å². The number of carbonyl (C=O) groups is 1. The molecule has 1 aliphatic rings. The molecule has 8 heteroatoms. The third kappa shape index (κ3) is 5.80. The van der Waals surface area contributed by atoms with Crippen molar-refractivity contribution in [2.75, 3.05) is 6.54 Å². The van der Waals surface area contributed by atoms with Crippen molar-refractivity contribution in [2.45, 2.75) is 20.0 Å². The van der Waals surface area contributed by atoms with E-state index in [0.29, 0.717) is 27.4 Å². The number of thiocarbonyl (C=S) groups is 1. The quantitative estimate of drug-likeness (QED) is 0.171. The van der Waals surface area contributed by atoms with E-state index in [0.717, 1.165) is 40.2 Å². The van der Waals surface area contributed by atoms with Gasteiger partial charge < -0.3 is 4.74 Å².